The number of carboxylic acid groups (broad SMARTS) is 1. The van der Waals surface area contributed by atoms with Gasteiger partial charge in [0.05, 0.1) is 5.92 Å². The smallest absolute Gasteiger partial charge is 0.317 e. The zero-order valence-electron chi connectivity index (χ0n) is 12.2. The highest BCUT2D eigenvalue weighted by Crippen LogP contribution is 2.16. The summed E-state index contributed by atoms with van der Waals surface area (Å²) in [5, 5.41) is 12.0. The van der Waals surface area contributed by atoms with Crippen LogP contribution in [-0.2, 0) is 11.2 Å². The fraction of sp³-hybridized carbons (Fsp3) is 0.533. The van der Waals surface area contributed by atoms with Gasteiger partial charge in [-0.25, -0.2) is 4.79 Å². The fourth-order valence-electron chi connectivity index (χ4n) is 2.59. The van der Waals surface area contributed by atoms with Crippen LogP contribution in [0.25, 0.3) is 0 Å². The van der Waals surface area contributed by atoms with E-state index in [1.54, 1.807) is 17.3 Å². The average molecular weight is 291 g/mol. The lowest BCUT2D eigenvalue weighted by Gasteiger charge is -2.31. The maximum absolute atomic E-state index is 12.2. The number of nitrogens with zero attached hydrogens (tertiary/aromatic N) is 2. The molecular formula is C15H21N3O3. The maximum Gasteiger partial charge on any atom is 0.317 e. The second-order valence-corrected chi connectivity index (χ2v) is 5.54. The van der Waals surface area contributed by atoms with Crippen LogP contribution in [0, 0.1) is 5.92 Å². The minimum Gasteiger partial charge on any atom is -0.481 e. The molecule has 2 amide bonds. The molecule has 6 heteroatoms. The third-order valence-corrected chi connectivity index (χ3v) is 3.69. The molecule has 1 aliphatic rings. The van der Waals surface area contributed by atoms with Crippen LogP contribution >= 0.6 is 0 Å². The van der Waals surface area contributed by atoms with Crippen molar-refractivity contribution in [3.8, 4) is 0 Å². The standard InChI is InChI=1S/C15H21N3O3/c1-11(8-12-4-2-6-16-9-12)17-15(21)18-7-3-5-13(10-18)14(19)20/h2,4,6,9,11,13H,3,5,7-8,10H2,1H3,(H,17,21)(H,19,20)/t11?,13-/m1/s1. The first kappa shape index (κ1) is 15.3. The molecule has 6 nitrogen and oxygen atoms in total. The Morgan fingerprint density at radius 2 is 2.38 bits per heavy atom. The van der Waals surface area contributed by atoms with Crippen molar-refractivity contribution in [2.24, 2.45) is 5.92 Å². The highest BCUT2D eigenvalue weighted by Gasteiger charge is 2.28. The molecule has 1 aromatic heterocycles. The van der Waals surface area contributed by atoms with Crippen molar-refractivity contribution < 1.29 is 14.7 Å². The molecule has 0 radical (unpaired) electrons. The number of nitrogens with one attached hydrogen (secondary N) is 1. The van der Waals surface area contributed by atoms with Crippen LogP contribution in [0.3, 0.4) is 0 Å². The maximum atomic E-state index is 12.2. The van der Waals surface area contributed by atoms with E-state index in [0.717, 1.165) is 12.0 Å². The molecule has 1 saturated heterocycles. The molecule has 0 aromatic carbocycles. The van der Waals surface area contributed by atoms with Crippen molar-refractivity contribution in [2.45, 2.75) is 32.2 Å². The number of carbonyl (C=O) groups excluding carboxylic acids is 1. The summed E-state index contributed by atoms with van der Waals surface area (Å²) in [5.74, 6) is -1.27. The Hall–Kier alpha value is -2.11. The predicted octanol–water partition coefficient (Wildman–Crippen LogP) is 1.52. The molecule has 21 heavy (non-hydrogen) atoms. The summed E-state index contributed by atoms with van der Waals surface area (Å²) in [7, 11) is 0. The minimum absolute atomic E-state index is 0.0214. The number of carboxylic acids is 1. The lowest BCUT2D eigenvalue weighted by atomic mass is 9.98. The first-order valence-electron chi connectivity index (χ1n) is 7.23. The molecule has 1 aromatic rings. The Kier molecular flexibility index (Phi) is 5.14. The van der Waals surface area contributed by atoms with Crippen molar-refractivity contribution in [3.05, 3.63) is 30.1 Å². The van der Waals surface area contributed by atoms with Gasteiger partial charge >= 0.3 is 12.0 Å². The third-order valence-electron chi connectivity index (χ3n) is 3.69. The summed E-state index contributed by atoms with van der Waals surface area (Å²) < 4.78 is 0. The number of rotatable bonds is 4. The van der Waals surface area contributed by atoms with Gasteiger partial charge in [0.1, 0.15) is 0 Å². The lowest BCUT2D eigenvalue weighted by molar-refractivity contribution is -0.143. The largest absolute Gasteiger partial charge is 0.481 e. The highest BCUT2D eigenvalue weighted by molar-refractivity contribution is 5.76. The highest BCUT2D eigenvalue weighted by atomic mass is 16.4. The zero-order chi connectivity index (χ0) is 15.2. The van der Waals surface area contributed by atoms with Crippen LogP contribution in [0.15, 0.2) is 24.5 Å². The Labute approximate surface area is 124 Å². The van der Waals surface area contributed by atoms with Crippen molar-refractivity contribution in [1.29, 1.82) is 0 Å². The molecule has 0 aliphatic carbocycles. The van der Waals surface area contributed by atoms with Crippen LogP contribution < -0.4 is 5.32 Å². The molecule has 2 heterocycles. The Morgan fingerprint density at radius 1 is 1.57 bits per heavy atom. The predicted molar refractivity (Wildman–Crippen MR) is 77.9 cm³/mol. The first-order chi connectivity index (χ1) is 10.1. The summed E-state index contributed by atoms with van der Waals surface area (Å²) in [6, 6.07) is 3.63. The number of aliphatic carboxylic acids is 1. The molecule has 1 fully saturated rings. The molecule has 0 bridgehead atoms. The summed E-state index contributed by atoms with van der Waals surface area (Å²) in [6.07, 6.45) is 5.58. The zero-order valence-corrected chi connectivity index (χ0v) is 12.2. The number of amides is 2. The SMILES string of the molecule is CC(Cc1cccnc1)NC(=O)N1CCC[C@@H](C(=O)O)C1. The number of urea groups is 1. The van der Waals surface area contributed by atoms with Crippen molar-refractivity contribution in [2.75, 3.05) is 13.1 Å². The van der Waals surface area contributed by atoms with Gasteiger partial charge in [-0.05, 0) is 37.8 Å². The van der Waals surface area contributed by atoms with Gasteiger partial charge in [0.25, 0.3) is 0 Å². The number of likely N-dealkylation sites (tertiary alicyclic amines) is 1. The molecule has 1 aliphatic heterocycles. The van der Waals surface area contributed by atoms with Gasteiger partial charge in [-0.3, -0.25) is 9.78 Å². The van der Waals surface area contributed by atoms with E-state index >= 15 is 0 Å². The van der Waals surface area contributed by atoms with E-state index in [1.807, 2.05) is 19.1 Å². The van der Waals surface area contributed by atoms with Crippen LogP contribution in [0.2, 0.25) is 0 Å². The van der Waals surface area contributed by atoms with Gasteiger partial charge in [-0.2, -0.15) is 0 Å². The average Bonchev–Trinajstić information content (AvgIpc) is 2.48. The minimum atomic E-state index is -0.823. The van der Waals surface area contributed by atoms with E-state index in [-0.39, 0.29) is 12.1 Å². The number of carbonyl (C=O) groups is 2. The van der Waals surface area contributed by atoms with E-state index in [1.165, 1.54) is 0 Å². The second kappa shape index (κ2) is 7.06. The first-order valence-corrected chi connectivity index (χ1v) is 7.23. The van der Waals surface area contributed by atoms with E-state index in [2.05, 4.69) is 10.3 Å². The molecule has 1 unspecified atom stereocenters. The third kappa shape index (κ3) is 4.44. The van der Waals surface area contributed by atoms with E-state index in [9.17, 15) is 9.59 Å². The quantitative estimate of drug-likeness (QED) is 0.881. The van der Waals surface area contributed by atoms with Crippen LogP contribution in [0.5, 0.6) is 0 Å². The van der Waals surface area contributed by atoms with Gasteiger partial charge in [-0.15, -0.1) is 0 Å². The Morgan fingerprint density at radius 3 is 3.05 bits per heavy atom. The molecule has 2 rings (SSSR count). The van der Waals surface area contributed by atoms with Gasteiger partial charge in [-0.1, -0.05) is 6.07 Å². The van der Waals surface area contributed by atoms with Crippen LogP contribution in [0.1, 0.15) is 25.3 Å². The number of hydrogen-bond acceptors (Lipinski definition) is 3. The molecular weight excluding hydrogens is 270 g/mol. The Balaban J connectivity index is 1.84. The molecule has 2 N–H and O–H groups in total. The van der Waals surface area contributed by atoms with Crippen molar-refractivity contribution in [3.63, 3.8) is 0 Å². The number of hydrogen-bond donors (Lipinski definition) is 2. The molecule has 114 valence electrons. The summed E-state index contributed by atoms with van der Waals surface area (Å²) >= 11 is 0. The number of pyridine rings is 1. The Bertz CT molecular complexity index is 492. The van der Waals surface area contributed by atoms with Gasteiger partial charge in [0.15, 0.2) is 0 Å². The number of aromatic nitrogens is 1. The summed E-state index contributed by atoms with van der Waals surface area (Å²) in [5.41, 5.74) is 1.06. The molecule has 0 saturated carbocycles. The fourth-order valence-corrected chi connectivity index (χ4v) is 2.59. The monoisotopic (exact) mass is 291 g/mol. The van der Waals surface area contributed by atoms with Gasteiger partial charge in [0.2, 0.25) is 0 Å². The summed E-state index contributed by atoms with van der Waals surface area (Å²) in [6.45, 7) is 2.85. The van der Waals surface area contributed by atoms with Crippen LogP contribution in [-0.4, -0.2) is 46.1 Å². The van der Waals surface area contributed by atoms with E-state index in [0.29, 0.717) is 25.9 Å². The van der Waals surface area contributed by atoms with E-state index in [4.69, 9.17) is 5.11 Å². The number of piperidine rings is 1. The lowest BCUT2D eigenvalue weighted by Crippen LogP contribution is -2.49. The van der Waals surface area contributed by atoms with Crippen molar-refractivity contribution in [1.82, 2.24) is 15.2 Å². The normalized spacial score (nSPS) is 19.9. The summed E-state index contributed by atoms with van der Waals surface area (Å²) in [4.78, 5) is 28.8. The van der Waals surface area contributed by atoms with Crippen molar-refractivity contribution >= 4 is 12.0 Å². The molecule has 0 spiro atoms. The van der Waals surface area contributed by atoms with E-state index < -0.39 is 11.9 Å². The molecule has 2 atom stereocenters. The topological polar surface area (TPSA) is 82.5 Å². The van der Waals surface area contributed by atoms with Gasteiger partial charge < -0.3 is 15.3 Å². The van der Waals surface area contributed by atoms with Crippen LogP contribution in [0.4, 0.5) is 4.79 Å². The van der Waals surface area contributed by atoms with Gasteiger partial charge in [0, 0.05) is 31.5 Å². The second-order valence-electron chi connectivity index (χ2n) is 5.54.